The van der Waals surface area contributed by atoms with E-state index in [1.807, 2.05) is 110 Å². The van der Waals surface area contributed by atoms with Crippen LogP contribution in [-0.4, -0.2) is 112 Å². The molecule has 17 rings (SSSR count). The topological polar surface area (TPSA) is 333 Å². The van der Waals surface area contributed by atoms with Crippen molar-refractivity contribution in [3.05, 3.63) is 240 Å². The third-order valence-corrected chi connectivity index (χ3v) is 17.9. The van der Waals surface area contributed by atoms with Gasteiger partial charge in [-0.2, -0.15) is 35.7 Å². The number of anilines is 1. The lowest BCUT2D eigenvalue weighted by Crippen LogP contribution is -2.11. The number of aromatic nitrogens is 17. The van der Waals surface area contributed by atoms with Crippen LogP contribution in [0.2, 0.25) is 0 Å². The molecular weight excluding hydrogens is 1360 g/mol. The van der Waals surface area contributed by atoms with Crippen LogP contribution >= 0.6 is 0 Å². The molecule has 0 atom stereocenters. The molecule has 7 heterocycles. The molecular formula is C81H75F3N20O3. The van der Waals surface area contributed by atoms with Crippen LogP contribution in [0.5, 0.6) is 5.75 Å². The molecule has 0 saturated heterocycles. The second kappa shape index (κ2) is 31.4. The van der Waals surface area contributed by atoms with E-state index in [4.69, 9.17) is 10.5 Å². The molecule has 16 aromatic rings. The molecule has 107 heavy (non-hydrogen) atoms. The summed E-state index contributed by atoms with van der Waals surface area (Å²) < 4.78 is 45.3. The molecule has 2 amide bonds. The van der Waals surface area contributed by atoms with Crippen molar-refractivity contribution in [2.45, 2.75) is 66.3 Å². The van der Waals surface area contributed by atoms with Crippen LogP contribution in [0.25, 0.3) is 123 Å². The molecule has 0 radical (unpaired) electrons. The first-order valence-electron chi connectivity index (χ1n) is 34.9. The van der Waals surface area contributed by atoms with Gasteiger partial charge in [0.2, 0.25) is 5.91 Å². The van der Waals surface area contributed by atoms with Gasteiger partial charge in [0, 0.05) is 103 Å². The minimum atomic E-state index is -0.895. The Kier molecular flexibility index (Phi) is 20.8. The Bertz CT molecular complexity index is 5840. The van der Waals surface area contributed by atoms with Gasteiger partial charge in [-0.15, -0.1) is 0 Å². The Morgan fingerprint density at radius 3 is 1.42 bits per heavy atom. The number of fused-ring (bicyclic) bond motifs is 4. The number of nitrogens with one attached hydrogen (secondary N) is 9. The number of benzene rings is 9. The lowest BCUT2D eigenvalue weighted by atomic mass is 10.0. The lowest BCUT2D eigenvalue weighted by molar-refractivity contribution is 0.0997. The summed E-state index contributed by atoms with van der Waals surface area (Å²) in [6.45, 7) is 9.41. The van der Waals surface area contributed by atoms with Gasteiger partial charge in [-0.25, -0.2) is 28.1 Å². The fraction of sp³-hybridized carbons (Fsp3) is 0.185. The molecule has 9 aromatic carbocycles. The number of carbonyl (C=O) groups excluding carboxylic acids is 2. The number of hydrogen-bond acceptors (Lipinski definition) is 14. The van der Waals surface area contributed by atoms with Crippen molar-refractivity contribution in [1.29, 1.82) is 0 Å². The number of primary amides is 1. The Morgan fingerprint density at radius 2 is 0.925 bits per heavy atom. The molecule has 1 aliphatic carbocycles. The fourth-order valence-electron chi connectivity index (χ4n) is 12.4. The molecule has 26 heteroatoms. The van der Waals surface area contributed by atoms with Crippen LogP contribution in [0.4, 0.5) is 18.9 Å². The second-order valence-corrected chi connectivity index (χ2v) is 27.0. The molecule has 7 aromatic heterocycles. The Balaban J connectivity index is 0.000000121. The van der Waals surface area contributed by atoms with E-state index < -0.39 is 17.5 Å². The molecule has 0 bridgehead atoms. The smallest absolute Gasteiger partial charge is 0.255 e. The van der Waals surface area contributed by atoms with Gasteiger partial charge in [-0.1, -0.05) is 70.2 Å². The van der Waals surface area contributed by atoms with Crippen molar-refractivity contribution in [2.24, 2.45) is 23.5 Å². The zero-order valence-electron chi connectivity index (χ0n) is 59.3. The summed E-state index contributed by atoms with van der Waals surface area (Å²) in [5.74, 6) is 4.34. The van der Waals surface area contributed by atoms with Gasteiger partial charge in [0.25, 0.3) is 5.91 Å². The van der Waals surface area contributed by atoms with Crippen molar-refractivity contribution in [1.82, 2.24) is 91.7 Å². The predicted octanol–water partition coefficient (Wildman–Crippen LogP) is 16.1. The summed E-state index contributed by atoms with van der Waals surface area (Å²) >= 11 is 0. The molecule has 0 aliphatic heterocycles. The first-order valence-corrected chi connectivity index (χ1v) is 34.9. The zero-order valence-corrected chi connectivity index (χ0v) is 59.3. The van der Waals surface area contributed by atoms with Gasteiger partial charge in [-0.3, -0.25) is 45.3 Å². The maximum absolute atomic E-state index is 13.6. The van der Waals surface area contributed by atoms with Crippen molar-refractivity contribution in [3.8, 4) is 84.9 Å². The van der Waals surface area contributed by atoms with E-state index in [1.54, 1.807) is 31.4 Å². The largest absolute Gasteiger partial charge is 0.497 e. The van der Waals surface area contributed by atoms with Crippen LogP contribution in [0.15, 0.2) is 188 Å². The van der Waals surface area contributed by atoms with Crippen molar-refractivity contribution in [3.63, 3.8) is 0 Å². The highest BCUT2D eigenvalue weighted by atomic mass is 19.2. The Labute approximate surface area is 611 Å². The van der Waals surface area contributed by atoms with Crippen LogP contribution in [0.3, 0.4) is 0 Å². The minimum absolute atomic E-state index is 0.285. The summed E-state index contributed by atoms with van der Waals surface area (Å²) in [5, 5.41) is 61.3. The average Bonchev–Trinajstić information content (AvgIpc) is 1.67. The number of aromatic amines is 7. The molecule has 1 saturated carbocycles. The third-order valence-electron chi connectivity index (χ3n) is 17.9. The fourth-order valence-corrected chi connectivity index (χ4v) is 12.4. The van der Waals surface area contributed by atoms with Crippen LogP contribution in [0, 0.1) is 35.2 Å². The van der Waals surface area contributed by atoms with E-state index in [0.29, 0.717) is 57.4 Å². The van der Waals surface area contributed by atoms with Gasteiger partial charge in [-0.05, 0) is 189 Å². The van der Waals surface area contributed by atoms with Crippen LogP contribution in [-0.2, 0) is 25.8 Å². The summed E-state index contributed by atoms with van der Waals surface area (Å²) in [4.78, 5) is 37.9. The van der Waals surface area contributed by atoms with Crippen molar-refractivity contribution < 1.29 is 27.5 Å². The number of amides is 2. The molecule has 1 aliphatic rings. The number of ether oxygens (including phenoxy) is 1. The summed E-state index contributed by atoms with van der Waals surface area (Å²) in [5.41, 5.74) is 20.6. The normalized spacial score (nSPS) is 12.0. The summed E-state index contributed by atoms with van der Waals surface area (Å²) in [6.07, 6.45) is 5.17. The highest BCUT2D eigenvalue weighted by molar-refractivity contribution is 6.06. The lowest BCUT2D eigenvalue weighted by Gasteiger charge is -2.07. The molecule has 11 N–H and O–H groups in total. The van der Waals surface area contributed by atoms with Crippen molar-refractivity contribution >= 4 is 61.1 Å². The van der Waals surface area contributed by atoms with E-state index in [9.17, 15) is 22.8 Å². The highest BCUT2D eigenvalue weighted by Crippen LogP contribution is 2.36. The maximum Gasteiger partial charge on any atom is 0.255 e. The number of carbonyl (C=O) groups is 2. The Hall–Kier alpha value is -13.2. The van der Waals surface area contributed by atoms with Crippen LogP contribution < -0.4 is 21.1 Å². The molecule has 23 nitrogen and oxygen atoms in total. The number of halogens is 3. The molecule has 538 valence electrons. The van der Waals surface area contributed by atoms with Crippen molar-refractivity contribution in [2.75, 3.05) is 19.5 Å². The van der Waals surface area contributed by atoms with E-state index in [1.165, 1.54) is 48.7 Å². The Morgan fingerprint density at radius 1 is 0.467 bits per heavy atom. The quantitative estimate of drug-likeness (QED) is 0.0360. The van der Waals surface area contributed by atoms with E-state index in [-0.39, 0.29) is 11.7 Å². The number of nitrogens with zero attached hydrogens (tertiary/aromatic N) is 10. The van der Waals surface area contributed by atoms with Gasteiger partial charge >= 0.3 is 0 Å². The number of rotatable bonds is 19. The minimum Gasteiger partial charge on any atom is -0.497 e. The van der Waals surface area contributed by atoms with Crippen LogP contribution in [0.1, 0.15) is 84.3 Å². The molecule has 0 unspecified atom stereocenters. The third kappa shape index (κ3) is 16.6. The SMILES string of the molecule is CC(C)Cc1nc(-c2ccc3[nH]nc(-c4cccc(C(=O)Nc5ccc(F)cc5)c4)c3c2)n[nH]1.CNCc1cccc(-c2n[nH]c3ccc(C(N)=O)cc23)c1.COc1cccc(-c2n[nH]c3ccc(-c4n[nH]c(CC(C)C)n4)cc23)c1.Fc1ccc(-c2n[nH]c3ccc(-c4n[nH]c(CC5CC5)n4)cc23)cc1F. The van der Waals surface area contributed by atoms with Gasteiger partial charge in [0.15, 0.2) is 29.1 Å². The van der Waals surface area contributed by atoms with E-state index >= 15 is 0 Å². The predicted molar refractivity (Wildman–Crippen MR) is 408 cm³/mol. The standard InChI is InChI=1S/C26H23FN6O.C20H21N5O.C19H15F2N5.C16H16N4O/c1-15(2)12-23-29-25(33-31-23)17-6-11-22-21(14-17)24(32-30-22)16-4-3-5-18(13-16)26(34)28-20-9-7-19(27)8-10-20;1-12(2)9-18-21-20(25-23-18)14-7-8-17-16(11-14)19(24-22-17)13-5-4-6-15(10-13)26-3;20-14-5-3-11(9-15(14)21)18-13-8-12(4-6-16(13)23-25-18)19-22-17(24-26-19)7-10-1-2-10;1-18-9-10-3-2-4-11(7-10)15-13-8-12(16(17)21)5-6-14(13)19-20-15/h3-11,13-15H,12H2,1-2H3,(H,28,34)(H,30,32)(H,29,31,33);4-8,10-12H,9H2,1-3H3,(H,22,24)(H,21,23,25);3-6,8-10H,1-2,7H2,(H,23,25)(H,22,24,26);2-8,18H,9H2,1H3,(H2,17,21)(H,19,20). The number of methoxy groups -OCH3 is 1. The summed E-state index contributed by atoms with van der Waals surface area (Å²) in [6, 6.07) is 55.7. The number of hydrogen-bond donors (Lipinski definition) is 10. The number of H-pyrrole nitrogens is 7. The maximum atomic E-state index is 13.6. The monoisotopic (exact) mass is 1430 g/mol. The summed E-state index contributed by atoms with van der Waals surface area (Å²) in [7, 11) is 3.58. The van der Waals surface area contributed by atoms with E-state index in [0.717, 1.165) is 161 Å². The molecule has 1 fully saturated rings. The van der Waals surface area contributed by atoms with Gasteiger partial charge in [0.1, 0.15) is 40.4 Å². The van der Waals surface area contributed by atoms with Gasteiger partial charge in [0.05, 0.1) is 40.6 Å². The van der Waals surface area contributed by atoms with E-state index in [2.05, 4.69) is 143 Å². The second-order valence-electron chi connectivity index (χ2n) is 27.0. The first-order chi connectivity index (χ1) is 51.9. The average molecular weight is 1430 g/mol. The number of nitrogens with two attached hydrogens (primary N) is 1. The zero-order chi connectivity index (χ0) is 74.2. The van der Waals surface area contributed by atoms with Gasteiger partial charge < -0.3 is 21.1 Å². The first kappa shape index (κ1) is 70.8. The highest BCUT2D eigenvalue weighted by Gasteiger charge is 2.24. The molecule has 0 spiro atoms.